The number of nitrogens with one attached hydrogen (secondary N) is 2. The van der Waals surface area contributed by atoms with Crippen molar-refractivity contribution in [3.8, 4) is 0 Å². The molecule has 2 aromatic rings. The van der Waals surface area contributed by atoms with E-state index >= 15 is 0 Å². The van der Waals surface area contributed by atoms with Crippen LogP contribution in [0.5, 0.6) is 0 Å². The Morgan fingerprint density at radius 1 is 1.26 bits per heavy atom. The maximum Gasteiger partial charge on any atom is 0.0487 e. The SMILES string of the molecule is Cc1ccc(NCc2cccc3c2NCC3)c(Br)c1. The highest BCUT2D eigenvalue weighted by molar-refractivity contribution is 9.10. The van der Waals surface area contributed by atoms with Gasteiger partial charge in [-0.1, -0.05) is 24.3 Å². The zero-order valence-electron chi connectivity index (χ0n) is 11.0. The fourth-order valence-corrected chi connectivity index (χ4v) is 3.15. The molecule has 3 rings (SSSR count). The summed E-state index contributed by atoms with van der Waals surface area (Å²) in [5, 5.41) is 6.98. The average Bonchev–Trinajstić information content (AvgIpc) is 2.86. The van der Waals surface area contributed by atoms with Crippen LogP contribution in [0, 0.1) is 6.92 Å². The minimum absolute atomic E-state index is 0.845. The van der Waals surface area contributed by atoms with E-state index in [2.05, 4.69) is 69.9 Å². The number of para-hydroxylation sites is 1. The van der Waals surface area contributed by atoms with Crippen LogP contribution in [-0.2, 0) is 13.0 Å². The molecule has 0 amide bonds. The lowest BCUT2D eigenvalue weighted by Gasteiger charge is -2.12. The highest BCUT2D eigenvalue weighted by Gasteiger charge is 2.13. The van der Waals surface area contributed by atoms with E-state index in [9.17, 15) is 0 Å². The smallest absolute Gasteiger partial charge is 0.0487 e. The second-order valence-electron chi connectivity index (χ2n) is 4.96. The van der Waals surface area contributed by atoms with Crippen molar-refractivity contribution in [3.63, 3.8) is 0 Å². The Hall–Kier alpha value is -1.48. The summed E-state index contributed by atoms with van der Waals surface area (Å²) < 4.78 is 1.12. The first-order valence-electron chi connectivity index (χ1n) is 6.59. The van der Waals surface area contributed by atoms with Crippen LogP contribution >= 0.6 is 15.9 Å². The molecule has 0 unspecified atom stereocenters. The maximum absolute atomic E-state index is 3.60. The molecule has 0 aliphatic carbocycles. The third-order valence-electron chi connectivity index (χ3n) is 3.53. The van der Waals surface area contributed by atoms with Gasteiger partial charge in [-0.3, -0.25) is 0 Å². The summed E-state index contributed by atoms with van der Waals surface area (Å²) in [5.41, 5.74) is 6.49. The molecule has 0 saturated heterocycles. The largest absolute Gasteiger partial charge is 0.384 e. The van der Waals surface area contributed by atoms with Gasteiger partial charge in [0.15, 0.2) is 0 Å². The van der Waals surface area contributed by atoms with Gasteiger partial charge < -0.3 is 10.6 Å². The standard InChI is InChI=1S/C16H17BrN2/c1-11-5-6-15(14(17)9-11)19-10-13-4-2-3-12-7-8-18-16(12)13/h2-6,9,18-19H,7-8,10H2,1H3. The van der Waals surface area contributed by atoms with Gasteiger partial charge in [-0.2, -0.15) is 0 Å². The number of hydrogen-bond acceptors (Lipinski definition) is 2. The number of anilines is 2. The Morgan fingerprint density at radius 2 is 2.16 bits per heavy atom. The van der Waals surface area contributed by atoms with Crippen molar-refractivity contribution >= 4 is 27.3 Å². The Kier molecular flexibility index (Phi) is 3.47. The van der Waals surface area contributed by atoms with Crippen LogP contribution in [0.15, 0.2) is 40.9 Å². The molecule has 3 heteroatoms. The van der Waals surface area contributed by atoms with Gasteiger partial charge in [0.25, 0.3) is 0 Å². The third kappa shape index (κ3) is 2.61. The highest BCUT2D eigenvalue weighted by atomic mass is 79.9. The number of halogens is 1. The Balaban J connectivity index is 1.78. The van der Waals surface area contributed by atoms with Crippen LogP contribution in [-0.4, -0.2) is 6.54 Å². The average molecular weight is 317 g/mol. The molecule has 2 aromatic carbocycles. The van der Waals surface area contributed by atoms with E-state index in [-0.39, 0.29) is 0 Å². The van der Waals surface area contributed by atoms with Crippen LogP contribution in [0.3, 0.4) is 0 Å². The second-order valence-corrected chi connectivity index (χ2v) is 5.82. The van der Waals surface area contributed by atoms with Crippen molar-refractivity contribution in [1.82, 2.24) is 0 Å². The van der Waals surface area contributed by atoms with Crippen molar-refractivity contribution in [2.45, 2.75) is 19.9 Å². The van der Waals surface area contributed by atoms with Gasteiger partial charge in [0.1, 0.15) is 0 Å². The Morgan fingerprint density at radius 3 is 3.00 bits per heavy atom. The van der Waals surface area contributed by atoms with Gasteiger partial charge in [-0.25, -0.2) is 0 Å². The molecule has 2 nitrogen and oxygen atoms in total. The zero-order chi connectivity index (χ0) is 13.2. The maximum atomic E-state index is 3.60. The predicted octanol–water partition coefficient (Wildman–Crippen LogP) is 4.34. The third-order valence-corrected chi connectivity index (χ3v) is 4.18. The molecule has 0 spiro atoms. The van der Waals surface area contributed by atoms with E-state index in [1.165, 1.54) is 22.4 Å². The molecule has 19 heavy (non-hydrogen) atoms. The molecule has 0 atom stereocenters. The van der Waals surface area contributed by atoms with Gasteiger partial charge in [-0.15, -0.1) is 0 Å². The summed E-state index contributed by atoms with van der Waals surface area (Å²) in [6, 6.07) is 12.9. The molecular formula is C16H17BrN2. The van der Waals surface area contributed by atoms with Crippen molar-refractivity contribution in [2.75, 3.05) is 17.2 Å². The zero-order valence-corrected chi connectivity index (χ0v) is 12.5. The summed E-state index contributed by atoms with van der Waals surface area (Å²) in [6.45, 7) is 4.00. The lowest BCUT2D eigenvalue weighted by Crippen LogP contribution is -2.03. The molecule has 0 fully saturated rings. The fraction of sp³-hybridized carbons (Fsp3) is 0.250. The first-order valence-corrected chi connectivity index (χ1v) is 7.38. The summed E-state index contributed by atoms with van der Waals surface area (Å²) >= 11 is 3.60. The number of benzene rings is 2. The van der Waals surface area contributed by atoms with Crippen LogP contribution in [0.1, 0.15) is 16.7 Å². The van der Waals surface area contributed by atoms with Crippen molar-refractivity contribution in [1.29, 1.82) is 0 Å². The van der Waals surface area contributed by atoms with Crippen molar-refractivity contribution < 1.29 is 0 Å². The molecule has 1 aliphatic rings. The molecule has 98 valence electrons. The van der Waals surface area contributed by atoms with Crippen LogP contribution in [0.4, 0.5) is 11.4 Å². The van der Waals surface area contributed by atoms with Crippen molar-refractivity contribution in [3.05, 3.63) is 57.6 Å². The van der Waals surface area contributed by atoms with E-state index in [4.69, 9.17) is 0 Å². The second kappa shape index (κ2) is 5.25. The first kappa shape index (κ1) is 12.5. The van der Waals surface area contributed by atoms with E-state index in [0.717, 1.165) is 29.7 Å². The molecule has 0 bridgehead atoms. The van der Waals surface area contributed by atoms with E-state index in [1.807, 2.05) is 0 Å². The summed E-state index contributed by atoms with van der Waals surface area (Å²) in [6.07, 6.45) is 1.14. The molecule has 0 radical (unpaired) electrons. The van der Waals surface area contributed by atoms with E-state index in [0.29, 0.717) is 0 Å². The molecule has 1 heterocycles. The fourth-order valence-electron chi connectivity index (χ4n) is 2.51. The molecule has 1 aliphatic heterocycles. The molecule has 0 saturated carbocycles. The van der Waals surface area contributed by atoms with Crippen molar-refractivity contribution in [2.24, 2.45) is 0 Å². The summed E-state index contributed by atoms with van der Waals surface area (Å²) in [7, 11) is 0. The Bertz CT molecular complexity index is 608. The molecule has 0 aromatic heterocycles. The number of rotatable bonds is 3. The highest BCUT2D eigenvalue weighted by Crippen LogP contribution is 2.28. The predicted molar refractivity (Wildman–Crippen MR) is 84.8 cm³/mol. The van der Waals surface area contributed by atoms with Gasteiger partial charge in [0.2, 0.25) is 0 Å². The number of fused-ring (bicyclic) bond motifs is 1. The summed E-state index contributed by atoms with van der Waals surface area (Å²) in [4.78, 5) is 0. The number of hydrogen-bond donors (Lipinski definition) is 2. The number of aryl methyl sites for hydroxylation is 1. The lowest BCUT2D eigenvalue weighted by molar-refractivity contribution is 1.11. The van der Waals surface area contributed by atoms with E-state index < -0.39 is 0 Å². The van der Waals surface area contributed by atoms with Gasteiger partial charge >= 0.3 is 0 Å². The van der Waals surface area contributed by atoms with Gasteiger partial charge in [0, 0.05) is 28.9 Å². The van der Waals surface area contributed by atoms with Gasteiger partial charge in [-0.05, 0) is 58.1 Å². The first-order chi connectivity index (χ1) is 9.24. The minimum atomic E-state index is 0.845. The van der Waals surface area contributed by atoms with Gasteiger partial charge in [0.05, 0.1) is 0 Å². The molecular weight excluding hydrogens is 300 g/mol. The van der Waals surface area contributed by atoms with Crippen LogP contribution in [0.2, 0.25) is 0 Å². The monoisotopic (exact) mass is 316 g/mol. The quantitative estimate of drug-likeness (QED) is 0.880. The van der Waals surface area contributed by atoms with Crippen LogP contribution in [0.25, 0.3) is 0 Å². The topological polar surface area (TPSA) is 24.1 Å². The molecule has 2 N–H and O–H groups in total. The normalized spacial score (nSPS) is 12.9. The Labute approximate surface area is 122 Å². The van der Waals surface area contributed by atoms with E-state index in [1.54, 1.807) is 0 Å². The van der Waals surface area contributed by atoms with Crippen LogP contribution < -0.4 is 10.6 Å². The minimum Gasteiger partial charge on any atom is -0.384 e. The summed E-state index contributed by atoms with van der Waals surface area (Å²) in [5.74, 6) is 0. The lowest BCUT2D eigenvalue weighted by atomic mass is 10.1.